The molecule has 0 amide bonds. The van der Waals surface area contributed by atoms with Crippen LogP contribution in [0.1, 0.15) is 12.0 Å². The minimum Gasteiger partial charge on any atom is -0.392 e. The largest absolute Gasteiger partial charge is 0.392 e. The van der Waals surface area contributed by atoms with E-state index >= 15 is 0 Å². The van der Waals surface area contributed by atoms with Gasteiger partial charge in [-0.15, -0.1) is 0 Å². The van der Waals surface area contributed by atoms with E-state index < -0.39 is 0 Å². The fourth-order valence-corrected chi connectivity index (χ4v) is 2.15. The van der Waals surface area contributed by atoms with Crippen LogP contribution in [-0.2, 0) is 11.3 Å². The van der Waals surface area contributed by atoms with Crippen LogP contribution in [0.25, 0.3) is 0 Å². The van der Waals surface area contributed by atoms with E-state index in [2.05, 4.69) is 6.08 Å². The van der Waals surface area contributed by atoms with Crippen LogP contribution in [-0.4, -0.2) is 31.9 Å². The van der Waals surface area contributed by atoms with Crippen molar-refractivity contribution in [2.24, 2.45) is 0 Å². The molecule has 0 aliphatic carbocycles. The van der Waals surface area contributed by atoms with Crippen LogP contribution in [0, 0.1) is 5.82 Å². The molecule has 0 radical (unpaired) electrons. The molecule has 4 heteroatoms. The fourth-order valence-electron chi connectivity index (χ4n) is 2.15. The van der Waals surface area contributed by atoms with Crippen molar-refractivity contribution in [2.75, 3.05) is 31.7 Å². The Morgan fingerprint density at radius 2 is 2.28 bits per heavy atom. The lowest BCUT2D eigenvalue weighted by Crippen LogP contribution is -2.30. The summed E-state index contributed by atoms with van der Waals surface area (Å²) >= 11 is 0. The second-order valence-electron chi connectivity index (χ2n) is 4.44. The minimum atomic E-state index is -0.273. The number of anilines is 1. The molecule has 1 aliphatic heterocycles. The number of hydrogen-bond acceptors (Lipinski definition) is 3. The van der Waals surface area contributed by atoms with Crippen molar-refractivity contribution < 1.29 is 14.2 Å². The van der Waals surface area contributed by atoms with E-state index in [1.165, 1.54) is 11.6 Å². The van der Waals surface area contributed by atoms with Crippen molar-refractivity contribution in [3.8, 4) is 0 Å². The number of hydrogen-bond donors (Lipinski definition) is 1. The van der Waals surface area contributed by atoms with Gasteiger partial charge in [0, 0.05) is 20.2 Å². The zero-order valence-corrected chi connectivity index (χ0v) is 10.5. The number of benzene rings is 1. The van der Waals surface area contributed by atoms with E-state index in [-0.39, 0.29) is 12.4 Å². The van der Waals surface area contributed by atoms with Gasteiger partial charge >= 0.3 is 0 Å². The highest BCUT2D eigenvalue weighted by molar-refractivity contribution is 5.50. The summed E-state index contributed by atoms with van der Waals surface area (Å²) in [6.07, 6.45) is 2.99. The average molecular weight is 251 g/mol. The molecule has 0 saturated carbocycles. The van der Waals surface area contributed by atoms with Gasteiger partial charge in [-0.2, -0.15) is 0 Å². The van der Waals surface area contributed by atoms with Crippen molar-refractivity contribution in [2.45, 2.75) is 13.0 Å². The van der Waals surface area contributed by atoms with E-state index in [9.17, 15) is 4.39 Å². The maximum absolute atomic E-state index is 13.9. The number of methoxy groups -OCH3 is 1. The molecular weight excluding hydrogens is 233 g/mol. The summed E-state index contributed by atoms with van der Waals surface area (Å²) in [7, 11) is 1.68. The third-order valence-corrected chi connectivity index (χ3v) is 3.17. The lowest BCUT2D eigenvalue weighted by atomic mass is 10.1. The number of nitrogens with zero attached hydrogens (tertiary/aromatic N) is 1. The van der Waals surface area contributed by atoms with Gasteiger partial charge in [-0.3, -0.25) is 0 Å². The minimum absolute atomic E-state index is 0.130. The van der Waals surface area contributed by atoms with Crippen LogP contribution in [0.5, 0.6) is 0 Å². The number of halogens is 1. The molecule has 0 fully saturated rings. The monoisotopic (exact) mass is 251 g/mol. The van der Waals surface area contributed by atoms with E-state index in [0.29, 0.717) is 24.4 Å². The maximum atomic E-state index is 13.9. The molecule has 1 N–H and O–H groups in total. The number of rotatable bonds is 4. The number of ether oxygens (including phenoxy) is 1. The molecule has 0 saturated heterocycles. The standard InChI is InChI=1S/C14H18FNO2/c1-18-10-11-4-6-16(7-5-11)14-3-2-12(9-17)8-13(14)15/h2-4,8,17H,5-7,9-10H2,1H3. The maximum Gasteiger partial charge on any atom is 0.146 e. The van der Waals surface area contributed by atoms with Crippen LogP contribution in [0.2, 0.25) is 0 Å². The molecule has 1 aliphatic rings. The first-order valence-electron chi connectivity index (χ1n) is 6.05. The number of aliphatic hydroxyl groups excluding tert-OH is 1. The van der Waals surface area contributed by atoms with E-state index in [0.717, 1.165) is 13.0 Å². The van der Waals surface area contributed by atoms with Gasteiger partial charge in [0.1, 0.15) is 5.82 Å². The molecule has 1 aromatic carbocycles. The fraction of sp³-hybridized carbons (Fsp3) is 0.429. The van der Waals surface area contributed by atoms with Crippen molar-refractivity contribution in [3.63, 3.8) is 0 Å². The number of aliphatic hydroxyl groups is 1. The molecule has 98 valence electrons. The first kappa shape index (κ1) is 13.1. The SMILES string of the molecule is COCC1=CCN(c2ccc(CO)cc2F)CC1. The van der Waals surface area contributed by atoms with E-state index in [1.807, 2.05) is 4.90 Å². The summed E-state index contributed by atoms with van der Waals surface area (Å²) in [6, 6.07) is 4.88. The van der Waals surface area contributed by atoms with Crippen molar-refractivity contribution in [3.05, 3.63) is 41.2 Å². The van der Waals surface area contributed by atoms with Gasteiger partial charge in [0.2, 0.25) is 0 Å². The quantitative estimate of drug-likeness (QED) is 0.832. The van der Waals surface area contributed by atoms with Gasteiger partial charge in [0.25, 0.3) is 0 Å². The molecule has 0 bridgehead atoms. The summed E-state index contributed by atoms with van der Waals surface area (Å²) in [5, 5.41) is 8.95. The topological polar surface area (TPSA) is 32.7 Å². The summed E-state index contributed by atoms with van der Waals surface area (Å²) < 4.78 is 19.0. The Kier molecular flexibility index (Phi) is 4.33. The third kappa shape index (κ3) is 2.89. The predicted molar refractivity (Wildman–Crippen MR) is 69.1 cm³/mol. The first-order chi connectivity index (χ1) is 8.74. The van der Waals surface area contributed by atoms with Gasteiger partial charge < -0.3 is 14.7 Å². The second-order valence-corrected chi connectivity index (χ2v) is 4.44. The van der Waals surface area contributed by atoms with Crippen LogP contribution in [0.4, 0.5) is 10.1 Å². The highest BCUT2D eigenvalue weighted by atomic mass is 19.1. The van der Waals surface area contributed by atoms with Gasteiger partial charge in [-0.05, 0) is 29.7 Å². The molecule has 1 heterocycles. The van der Waals surface area contributed by atoms with Crippen molar-refractivity contribution in [1.82, 2.24) is 0 Å². The Labute approximate surface area is 106 Å². The zero-order chi connectivity index (χ0) is 13.0. The molecule has 1 aromatic rings. The average Bonchev–Trinajstić information content (AvgIpc) is 2.40. The predicted octanol–water partition coefficient (Wildman–Crippen LogP) is 2.10. The molecule has 3 nitrogen and oxygen atoms in total. The molecule has 0 aromatic heterocycles. The van der Waals surface area contributed by atoms with Gasteiger partial charge in [-0.1, -0.05) is 12.1 Å². The van der Waals surface area contributed by atoms with E-state index in [1.54, 1.807) is 19.2 Å². The summed E-state index contributed by atoms with van der Waals surface area (Å²) in [5.41, 5.74) is 2.46. The molecule has 0 unspecified atom stereocenters. The van der Waals surface area contributed by atoms with Gasteiger partial charge in [-0.25, -0.2) is 4.39 Å². The summed E-state index contributed by atoms with van der Waals surface area (Å²) in [5.74, 6) is -0.273. The van der Waals surface area contributed by atoms with Gasteiger partial charge in [0.05, 0.1) is 18.9 Å². The molecule has 18 heavy (non-hydrogen) atoms. The third-order valence-electron chi connectivity index (χ3n) is 3.17. The van der Waals surface area contributed by atoms with Gasteiger partial charge in [0.15, 0.2) is 0 Å². The summed E-state index contributed by atoms with van der Waals surface area (Å²) in [6.45, 7) is 2.02. The van der Waals surface area contributed by atoms with Crippen LogP contribution < -0.4 is 4.90 Å². The molecule has 0 spiro atoms. The Balaban J connectivity index is 2.10. The Hall–Kier alpha value is -1.39. The van der Waals surface area contributed by atoms with Crippen molar-refractivity contribution >= 4 is 5.69 Å². The highest BCUT2D eigenvalue weighted by Gasteiger charge is 2.15. The molecular formula is C14H18FNO2. The lowest BCUT2D eigenvalue weighted by Gasteiger charge is -2.28. The Morgan fingerprint density at radius 3 is 2.83 bits per heavy atom. The second kappa shape index (κ2) is 5.98. The zero-order valence-electron chi connectivity index (χ0n) is 10.5. The Morgan fingerprint density at radius 1 is 1.44 bits per heavy atom. The molecule has 2 rings (SSSR count). The lowest BCUT2D eigenvalue weighted by molar-refractivity contribution is 0.222. The first-order valence-corrected chi connectivity index (χ1v) is 6.05. The van der Waals surface area contributed by atoms with Crippen LogP contribution in [0.3, 0.4) is 0 Å². The summed E-state index contributed by atoms with van der Waals surface area (Å²) in [4.78, 5) is 2.00. The smallest absolute Gasteiger partial charge is 0.146 e. The van der Waals surface area contributed by atoms with Crippen LogP contribution >= 0.6 is 0 Å². The Bertz CT molecular complexity index is 445. The van der Waals surface area contributed by atoms with Crippen LogP contribution in [0.15, 0.2) is 29.8 Å². The normalized spacial score (nSPS) is 15.7. The molecule has 0 atom stereocenters. The van der Waals surface area contributed by atoms with Crippen molar-refractivity contribution in [1.29, 1.82) is 0 Å². The highest BCUT2D eigenvalue weighted by Crippen LogP contribution is 2.24. The van der Waals surface area contributed by atoms with E-state index in [4.69, 9.17) is 9.84 Å².